The lowest BCUT2D eigenvalue weighted by molar-refractivity contribution is 0.322. The van der Waals surface area contributed by atoms with Crippen LogP contribution in [0.25, 0.3) is 22.4 Å². The van der Waals surface area contributed by atoms with Crippen LogP contribution in [0.4, 0.5) is 0 Å². The SMILES string of the molecule is COc1cc(-c2nc3ccccc3n2C2CCC2)c(C)c(O)c1O. The van der Waals surface area contributed by atoms with Crippen LogP contribution in [0.1, 0.15) is 30.9 Å². The third-order valence-electron chi connectivity index (χ3n) is 4.99. The highest BCUT2D eigenvalue weighted by Gasteiger charge is 2.27. The zero-order valence-corrected chi connectivity index (χ0v) is 13.8. The van der Waals surface area contributed by atoms with Gasteiger partial charge in [-0.05, 0) is 44.4 Å². The highest BCUT2D eigenvalue weighted by atomic mass is 16.5. The van der Waals surface area contributed by atoms with Crippen molar-refractivity contribution in [3.8, 4) is 28.6 Å². The Labute approximate surface area is 140 Å². The smallest absolute Gasteiger partial charge is 0.200 e. The Balaban J connectivity index is 2.02. The van der Waals surface area contributed by atoms with Gasteiger partial charge in [0.2, 0.25) is 5.75 Å². The van der Waals surface area contributed by atoms with Gasteiger partial charge >= 0.3 is 0 Å². The zero-order chi connectivity index (χ0) is 16.8. The monoisotopic (exact) mass is 324 g/mol. The predicted molar refractivity (Wildman–Crippen MR) is 92.7 cm³/mol. The van der Waals surface area contributed by atoms with Gasteiger partial charge < -0.3 is 19.5 Å². The van der Waals surface area contributed by atoms with Crippen LogP contribution in [0.5, 0.6) is 17.2 Å². The van der Waals surface area contributed by atoms with E-state index in [2.05, 4.69) is 10.6 Å². The number of rotatable bonds is 3. The first kappa shape index (κ1) is 14.9. The average molecular weight is 324 g/mol. The van der Waals surface area contributed by atoms with Gasteiger partial charge in [0.25, 0.3) is 0 Å². The molecule has 1 aromatic heterocycles. The van der Waals surface area contributed by atoms with Gasteiger partial charge in [0.15, 0.2) is 11.5 Å². The van der Waals surface area contributed by atoms with Crippen molar-refractivity contribution in [1.82, 2.24) is 9.55 Å². The molecular formula is C19H20N2O3. The standard InChI is InChI=1S/C19H20N2O3/c1-11-13(10-16(24-2)18(23)17(11)22)19-20-14-8-3-4-9-15(14)21(19)12-6-5-7-12/h3-4,8-10,12,22-23H,5-7H2,1-2H3. The number of phenolic OH excluding ortho intramolecular Hbond substituents is 2. The number of fused-ring (bicyclic) bond motifs is 1. The fraction of sp³-hybridized carbons (Fsp3) is 0.316. The van der Waals surface area contributed by atoms with Crippen LogP contribution in [0, 0.1) is 6.92 Å². The van der Waals surface area contributed by atoms with Crippen LogP contribution < -0.4 is 4.74 Å². The van der Waals surface area contributed by atoms with Crippen LogP contribution in [0.2, 0.25) is 0 Å². The summed E-state index contributed by atoms with van der Waals surface area (Å²) in [5.74, 6) is 0.675. The van der Waals surface area contributed by atoms with E-state index in [1.165, 1.54) is 13.5 Å². The molecule has 5 nitrogen and oxygen atoms in total. The molecule has 0 amide bonds. The third kappa shape index (κ3) is 2.04. The molecule has 4 rings (SSSR count). The third-order valence-corrected chi connectivity index (χ3v) is 4.99. The van der Waals surface area contributed by atoms with Crippen LogP contribution in [0.15, 0.2) is 30.3 Å². The maximum atomic E-state index is 10.3. The minimum Gasteiger partial charge on any atom is -0.504 e. The quantitative estimate of drug-likeness (QED) is 0.710. The van der Waals surface area contributed by atoms with Crippen molar-refractivity contribution in [1.29, 1.82) is 0 Å². The lowest BCUT2D eigenvalue weighted by Gasteiger charge is -2.29. The molecule has 124 valence electrons. The van der Waals surface area contributed by atoms with Crippen molar-refractivity contribution in [2.75, 3.05) is 7.11 Å². The first-order valence-electron chi connectivity index (χ1n) is 8.18. The summed E-state index contributed by atoms with van der Waals surface area (Å²) in [6.07, 6.45) is 3.49. The first-order valence-corrected chi connectivity index (χ1v) is 8.18. The van der Waals surface area contributed by atoms with E-state index in [1.807, 2.05) is 18.2 Å². The second-order valence-corrected chi connectivity index (χ2v) is 6.33. The number of phenols is 2. The summed E-state index contributed by atoms with van der Waals surface area (Å²) in [6.45, 7) is 1.79. The highest BCUT2D eigenvalue weighted by Crippen LogP contribution is 2.45. The molecule has 1 saturated carbocycles. The average Bonchev–Trinajstić information content (AvgIpc) is 2.91. The Kier molecular flexibility index (Phi) is 3.37. The van der Waals surface area contributed by atoms with E-state index < -0.39 is 0 Å². The summed E-state index contributed by atoms with van der Waals surface area (Å²) in [7, 11) is 1.47. The van der Waals surface area contributed by atoms with Crippen molar-refractivity contribution < 1.29 is 14.9 Å². The predicted octanol–water partition coefficient (Wildman–Crippen LogP) is 4.16. The molecule has 3 aromatic rings. The number of benzene rings is 2. The van der Waals surface area contributed by atoms with E-state index in [4.69, 9.17) is 9.72 Å². The largest absolute Gasteiger partial charge is 0.504 e. The zero-order valence-electron chi connectivity index (χ0n) is 13.8. The molecule has 1 aliphatic carbocycles. The Morgan fingerprint density at radius 1 is 1.17 bits per heavy atom. The van der Waals surface area contributed by atoms with Crippen LogP contribution in [0.3, 0.4) is 0 Å². The lowest BCUT2D eigenvalue weighted by atomic mass is 9.92. The lowest BCUT2D eigenvalue weighted by Crippen LogP contribution is -2.18. The second kappa shape index (κ2) is 5.44. The molecule has 0 radical (unpaired) electrons. The molecule has 1 aliphatic rings. The van der Waals surface area contributed by atoms with Gasteiger partial charge in [-0.15, -0.1) is 0 Å². The Hall–Kier alpha value is -2.69. The van der Waals surface area contributed by atoms with Gasteiger partial charge in [-0.3, -0.25) is 0 Å². The summed E-state index contributed by atoms with van der Waals surface area (Å²) in [5, 5.41) is 20.3. The molecule has 2 N–H and O–H groups in total. The molecule has 0 aliphatic heterocycles. The van der Waals surface area contributed by atoms with Crippen molar-refractivity contribution >= 4 is 11.0 Å². The highest BCUT2D eigenvalue weighted by molar-refractivity contribution is 5.83. The number of aromatic hydroxyl groups is 2. The number of hydrogen-bond donors (Lipinski definition) is 2. The van der Waals surface area contributed by atoms with Gasteiger partial charge in [-0.2, -0.15) is 0 Å². The van der Waals surface area contributed by atoms with Crippen molar-refractivity contribution in [2.24, 2.45) is 0 Å². The molecule has 0 atom stereocenters. The van der Waals surface area contributed by atoms with Gasteiger partial charge in [-0.25, -0.2) is 4.98 Å². The minimum atomic E-state index is -0.231. The van der Waals surface area contributed by atoms with Crippen LogP contribution in [-0.2, 0) is 0 Å². The van der Waals surface area contributed by atoms with E-state index in [0.717, 1.165) is 35.3 Å². The number of imidazole rings is 1. The van der Waals surface area contributed by atoms with Gasteiger partial charge in [0.1, 0.15) is 5.82 Å². The van der Waals surface area contributed by atoms with E-state index in [0.29, 0.717) is 11.6 Å². The number of nitrogens with zero attached hydrogens (tertiary/aromatic N) is 2. The molecule has 0 unspecified atom stereocenters. The van der Waals surface area contributed by atoms with Crippen LogP contribution >= 0.6 is 0 Å². The molecule has 1 heterocycles. The number of para-hydroxylation sites is 2. The second-order valence-electron chi connectivity index (χ2n) is 6.33. The molecule has 0 bridgehead atoms. The Morgan fingerprint density at radius 2 is 1.92 bits per heavy atom. The molecule has 24 heavy (non-hydrogen) atoms. The molecule has 5 heteroatoms. The Bertz CT molecular complexity index is 926. The maximum Gasteiger partial charge on any atom is 0.200 e. The van der Waals surface area contributed by atoms with Crippen molar-refractivity contribution in [3.63, 3.8) is 0 Å². The summed E-state index contributed by atoms with van der Waals surface area (Å²) in [5.41, 5.74) is 3.42. The van der Waals surface area contributed by atoms with Crippen molar-refractivity contribution in [2.45, 2.75) is 32.2 Å². The van der Waals surface area contributed by atoms with Crippen LogP contribution in [-0.4, -0.2) is 26.9 Å². The van der Waals surface area contributed by atoms with Crippen molar-refractivity contribution in [3.05, 3.63) is 35.9 Å². The molecule has 1 fully saturated rings. The maximum absolute atomic E-state index is 10.3. The number of hydrogen-bond acceptors (Lipinski definition) is 4. The van der Waals surface area contributed by atoms with E-state index in [1.54, 1.807) is 13.0 Å². The fourth-order valence-electron chi connectivity index (χ4n) is 3.37. The normalized spacial score (nSPS) is 14.8. The summed E-state index contributed by atoms with van der Waals surface area (Å²) < 4.78 is 7.47. The summed E-state index contributed by atoms with van der Waals surface area (Å²) in [4.78, 5) is 4.81. The van der Waals surface area contributed by atoms with Gasteiger partial charge in [0, 0.05) is 17.2 Å². The first-order chi connectivity index (χ1) is 11.6. The Morgan fingerprint density at radius 3 is 2.58 bits per heavy atom. The molecule has 2 aromatic carbocycles. The fourth-order valence-corrected chi connectivity index (χ4v) is 3.37. The summed E-state index contributed by atoms with van der Waals surface area (Å²) >= 11 is 0. The van der Waals surface area contributed by atoms with E-state index >= 15 is 0 Å². The number of aromatic nitrogens is 2. The minimum absolute atomic E-state index is 0.156. The van der Waals surface area contributed by atoms with E-state index in [-0.39, 0.29) is 17.2 Å². The van der Waals surface area contributed by atoms with Gasteiger partial charge in [0.05, 0.1) is 18.1 Å². The number of ether oxygens (including phenoxy) is 1. The number of methoxy groups -OCH3 is 1. The molecule has 0 saturated heterocycles. The molecule has 0 spiro atoms. The molecular weight excluding hydrogens is 304 g/mol. The van der Waals surface area contributed by atoms with E-state index in [9.17, 15) is 10.2 Å². The summed E-state index contributed by atoms with van der Waals surface area (Å²) in [6, 6.07) is 10.3. The van der Waals surface area contributed by atoms with Gasteiger partial charge in [-0.1, -0.05) is 12.1 Å². The topological polar surface area (TPSA) is 67.5 Å².